The van der Waals surface area contributed by atoms with Crippen LogP contribution in [0, 0.1) is 34.0 Å². The molecule has 0 aliphatic carbocycles. The summed E-state index contributed by atoms with van der Waals surface area (Å²) in [5.74, 6) is 0. The average molecular weight is 725 g/mol. The molecule has 0 atom stereocenters. The predicted octanol–water partition coefficient (Wildman–Crippen LogP) is 12.3. The maximum atomic E-state index is 10.8. The van der Waals surface area contributed by atoms with E-state index in [1.807, 2.05) is 66.7 Å². The van der Waals surface area contributed by atoms with Gasteiger partial charge in [0.1, 0.15) is 0 Å². The fourth-order valence-electron chi connectivity index (χ4n) is 8.96. The molecule has 11 aromatic rings. The highest BCUT2D eigenvalue weighted by Gasteiger charge is 2.22. The summed E-state index contributed by atoms with van der Waals surface area (Å²) in [6, 6.07) is 64.7. The topological polar surface area (TPSA) is 86.2 Å². The van der Waals surface area contributed by atoms with Crippen molar-refractivity contribution in [2.24, 2.45) is 0 Å². The van der Waals surface area contributed by atoms with Crippen molar-refractivity contribution in [3.8, 4) is 46.4 Å². The van der Waals surface area contributed by atoms with Crippen molar-refractivity contribution in [1.29, 1.82) is 15.8 Å². The van der Waals surface area contributed by atoms with E-state index in [1.165, 1.54) is 10.8 Å². The normalized spacial score (nSPS) is 11.5. The van der Waals surface area contributed by atoms with Crippen LogP contribution < -0.4 is 0 Å². The molecule has 0 amide bonds. The molecule has 0 spiro atoms. The monoisotopic (exact) mass is 724 g/mol. The van der Waals surface area contributed by atoms with Crippen molar-refractivity contribution in [2.75, 3.05) is 0 Å². The molecule has 6 heteroatoms. The highest BCUT2D eigenvalue weighted by Crippen LogP contribution is 2.42. The summed E-state index contributed by atoms with van der Waals surface area (Å²) in [5, 5.41) is 37.3. The molecule has 6 nitrogen and oxygen atoms in total. The lowest BCUT2D eigenvalue weighted by atomic mass is 9.96. The zero-order chi connectivity index (χ0) is 38.2. The van der Waals surface area contributed by atoms with E-state index in [9.17, 15) is 15.8 Å². The molecule has 0 radical (unpaired) electrons. The van der Waals surface area contributed by atoms with Crippen LogP contribution in [0.3, 0.4) is 0 Å². The van der Waals surface area contributed by atoms with E-state index in [0.717, 1.165) is 82.8 Å². The van der Waals surface area contributed by atoms with Crippen LogP contribution in [0.1, 0.15) is 16.7 Å². The molecule has 3 heterocycles. The largest absolute Gasteiger partial charge is 0.309 e. The Hall–Kier alpha value is -8.37. The van der Waals surface area contributed by atoms with Crippen LogP contribution in [0.25, 0.3) is 93.6 Å². The number of benzene rings is 8. The molecule has 11 rings (SSSR count). The third kappa shape index (κ3) is 4.61. The van der Waals surface area contributed by atoms with Crippen LogP contribution in [0.2, 0.25) is 0 Å². The second kappa shape index (κ2) is 12.3. The van der Waals surface area contributed by atoms with Gasteiger partial charge in [0.05, 0.1) is 79.4 Å². The third-order valence-electron chi connectivity index (χ3n) is 11.3. The van der Waals surface area contributed by atoms with Crippen LogP contribution in [0.5, 0.6) is 0 Å². The van der Waals surface area contributed by atoms with Gasteiger partial charge in [-0.2, -0.15) is 15.8 Å². The average Bonchev–Trinajstić information content (AvgIpc) is 3.91. The van der Waals surface area contributed by atoms with Gasteiger partial charge in [-0.15, -0.1) is 0 Å². The predicted molar refractivity (Wildman–Crippen MR) is 229 cm³/mol. The Bertz CT molecular complexity index is 3580. The van der Waals surface area contributed by atoms with E-state index in [2.05, 4.69) is 135 Å². The summed E-state index contributed by atoms with van der Waals surface area (Å²) >= 11 is 0. The Morgan fingerprint density at radius 1 is 0.333 bits per heavy atom. The van der Waals surface area contributed by atoms with Crippen LogP contribution in [-0.4, -0.2) is 13.7 Å². The summed E-state index contributed by atoms with van der Waals surface area (Å²) in [6.45, 7) is 0. The number of fused-ring (bicyclic) bond motifs is 9. The number of hydrogen-bond donors (Lipinski definition) is 0. The van der Waals surface area contributed by atoms with E-state index in [-0.39, 0.29) is 0 Å². The lowest BCUT2D eigenvalue weighted by Gasteiger charge is -2.17. The van der Waals surface area contributed by atoms with Gasteiger partial charge in [-0.25, -0.2) is 0 Å². The molecule has 0 bridgehead atoms. The summed E-state index contributed by atoms with van der Waals surface area (Å²) < 4.78 is 6.78. The fourth-order valence-corrected chi connectivity index (χ4v) is 8.96. The molecule has 0 unspecified atom stereocenters. The highest BCUT2D eigenvalue weighted by atomic mass is 15.0. The molecule has 0 fully saturated rings. The van der Waals surface area contributed by atoms with E-state index in [1.54, 1.807) is 0 Å². The van der Waals surface area contributed by atoms with Crippen molar-refractivity contribution in [3.63, 3.8) is 0 Å². The molecule has 0 N–H and O–H groups in total. The smallest absolute Gasteiger partial charge is 0.0998 e. The van der Waals surface area contributed by atoms with Gasteiger partial charge < -0.3 is 13.7 Å². The fraction of sp³-hybridized carbons (Fsp3) is 0. The van der Waals surface area contributed by atoms with Crippen LogP contribution in [-0.2, 0) is 0 Å². The van der Waals surface area contributed by atoms with Crippen LogP contribution >= 0.6 is 0 Å². The van der Waals surface area contributed by atoms with Gasteiger partial charge in [-0.05, 0) is 84.9 Å². The lowest BCUT2D eigenvalue weighted by Crippen LogP contribution is -2.01. The summed E-state index contributed by atoms with van der Waals surface area (Å²) in [4.78, 5) is 0. The van der Waals surface area contributed by atoms with E-state index in [0.29, 0.717) is 16.7 Å². The molecule has 0 aliphatic rings. The van der Waals surface area contributed by atoms with E-state index < -0.39 is 0 Å². The highest BCUT2D eigenvalue weighted by molar-refractivity contribution is 6.17. The summed E-state index contributed by atoms with van der Waals surface area (Å²) in [5.41, 5.74) is 12.1. The quantitative estimate of drug-likeness (QED) is 0.181. The summed E-state index contributed by atoms with van der Waals surface area (Å²) in [6.07, 6.45) is 0. The molecular weight excluding hydrogens is 697 g/mol. The molecule has 8 aromatic carbocycles. The maximum absolute atomic E-state index is 10.8. The Morgan fingerprint density at radius 2 is 0.860 bits per heavy atom. The van der Waals surface area contributed by atoms with Gasteiger partial charge >= 0.3 is 0 Å². The van der Waals surface area contributed by atoms with Gasteiger partial charge in [0.15, 0.2) is 0 Å². The Balaban J connectivity index is 1.17. The van der Waals surface area contributed by atoms with Crippen LogP contribution in [0.4, 0.5) is 0 Å². The standard InChI is InChI=1S/C51H28N6/c52-29-32-21-25-48(41(26-32)36-23-22-35(28-34(36)31-54)55-43-14-5-3-12-39(43)42-27-33(30-53)20-24-47(42)55)57-46-17-8-4-13-40(46)51-49(18-9-19-50(51)57)56-44-15-6-1-10-37(44)38-11-2-7-16-45(38)56/h1-28H. The molecule has 0 aliphatic heterocycles. The Morgan fingerprint density at radius 3 is 1.53 bits per heavy atom. The van der Waals surface area contributed by atoms with Crippen molar-refractivity contribution in [1.82, 2.24) is 13.7 Å². The minimum atomic E-state index is 0.482. The van der Waals surface area contributed by atoms with Gasteiger partial charge in [0.2, 0.25) is 0 Å². The van der Waals surface area contributed by atoms with Gasteiger partial charge in [-0.1, -0.05) is 84.9 Å². The van der Waals surface area contributed by atoms with Gasteiger partial charge in [0.25, 0.3) is 0 Å². The minimum absolute atomic E-state index is 0.482. The lowest BCUT2D eigenvalue weighted by molar-refractivity contribution is 1.16. The van der Waals surface area contributed by atoms with Crippen LogP contribution in [0.15, 0.2) is 170 Å². The molecule has 3 aromatic heterocycles. The number of nitriles is 3. The zero-order valence-electron chi connectivity index (χ0n) is 30.3. The first-order valence-corrected chi connectivity index (χ1v) is 18.7. The van der Waals surface area contributed by atoms with E-state index >= 15 is 0 Å². The van der Waals surface area contributed by atoms with Crippen molar-refractivity contribution >= 4 is 65.4 Å². The minimum Gasteiger partial charge on any atom is -0.309 e. The number of aromatic nitrogens is 3. The Kier molecular flexibility index (Phi) is 6.95. The molecular formula is C51H28N6. The van der Waals surface area contributed by atoms with E-state index in [4.69, 9.17) is 0 Å². The summed E-state index contributed by atoms with van der Waals surface area (Å²) in [7, 11) is 0. The molecule has 262 valence electrons. The number of nitrogens with zero attached hydrogens (tertiary/aromatic N) is 6. The Labute approximate surface area is 326 Å². The number of para-hydroxylation sites is 4. The number of hydrogen-bond acceptors (Lipinski definition) is 3. The second-order valence-corrected chi connectivity index (χ2v) is 14.3. The molecule has 57 heavy (non-hydrogen) atoms. The maximum Gasteiger partial charge on any atom is 0.0998 e. The van der Waals surface area contributed by atoms with Crippen molar-refractivity contribution in [3.05, 3.63) is 187 Å². The van der Waals surface area contributed by atoms with Crippen molar-refractivity contribution in [2.45, 2.75) is 0 Å². The third-order valence-corrected chi connectivity index (χ3v) is 11.3. The molecule has 0 saturated carbocycles. The van der Waals surface area contributed by atoms with Gasteiger partial charge in [0, 0.05) is 49.1 Å². The first-order valence-electron chi connectivity index (χ1n) is 18.7. The first-order chi connectivity index (χ1) is 28.2. The molecule has 0 saturated heterocycles. The number of rotatable bonds is 4. The van der Waals surface area contributed by atoms with Gasteiger partial charge in [-0.3, -0.25) is 0 Å². The SMILES string of the molecule is N#Cc1ccc(-n2c3ccccc3c3c(-n4c5ccccc5c5ccccc54)cccc32)c(-c2ccc(-n3c4ccccc4c4cc(C#N)ccc43)cc2C#N)c1. The second-order valence-electron chi connectivity index (χ2n) is 14.3. The van der Waals surface area contributed by atoms with Crippen molar-refractivity contribution < 1.29 is 0 Å². The zero-order valence-corrected chi connectivity index (χ0v) is 30.3. The first kappa shape index (κ1) is 32.1.